The minimum atomic E-state index is -1.02. The predicted molar refractivity (Wildman–Crippen MR) is 183 cm³/mol. The summed E-state index contributed by atoms with van der Waals surface area (Å²) in [6.45, 7) is 1.49. The third kappa shape index (κ3) is 7.68. The van der Waals surface area contributed by atoms with Gasteiger partial charge in [0.25, 0.3) is 0 Å². The highest BCUT2D eigenvalue weighted by atomic mass is 16.5. The largest absolute Gasteiger partial charge is 0.492 e. The van der Waals surface area contributed by atoms with E-state index >= 15 is 0 Å². The number of allylic oxidation sites excluding steroid dienone is 1. The number of aromatic nitrogens is 2. The molecule has 246 valence electrons. The van der Waals surface area contributed by atoms with Crippen molar-refractivity contribution >= 4 is 34.0 Å². The SMILES string of the molecule is CNC(=O)CCCN(CCOc1ccc(C(=C(c2ccccc2)C2CCC2)c2ccc3c(cnn3C3CCCCO3)c2)cc1)C(=O)O. The third-order valence-corrected chi connectivity index (χ3v) is 9.33. The van der Waals surface area contributed by atoms with Crippen molar-refractivity contribution in [1.29, 1.82) is 0 Å². The van der Waals surface area contributed by atoms with Crippen molar-refractivity contribution in [1.82, 2.24) is 20.0 Å². The van der Waals surface area contributed by atoms with E-state index in [4.69, 9.17) is 14.6 Å². The van der Waals surface area contributed by atoms with Crippen LogP contribution in [0.25, 0.3) is 22.0 Å². The molecule has 2 aliphatic rings. The lowest BCUT2D eigenvalue weighted by molar-refractivity contribution is -0.120. The van der Waals surface area contributed by atoms with E-state index in [-0.39, 0.29) is 38.3 Å². The van der Waals surface area contributed by atoms with Crippen LogP contribution < -0.4 is 10.1 Å². The molecule has 1 aromatic heterocycles. The summed E-state index contributed by atoms with van der Waals surface area (Å²) in [5.74, 6) is 1.05. The molecule has 1 unspecified atom stereocenters. The Morgan fingerprint density at radius 2 is 1.74 bits per heavy atom. The Balaban J connectivity index is 1.27. The molecule has 2 N–H and O–H groups in total. The number of nitrogens with one attached hydrogen (secondary N) is 1. The van der Waals surface area contributed by atoms with E-state index in [2.05, 4.69) is 66.0 Å². The maximum absolute atomic E-state index is 11.7. The molecule has 9 heteroatoms. The van der Waals surface area contributed by atoms with E-state index in [9.17, 15) is 14.7 Å². The summed E-state index contributed by atoms with van der Waals surface area (Å²) in [7, 11) is 1.58. The van der Waals surface area contributed by atoms with E-state index in [1.54, 1.807) is 7.05 Å². The van der Waals surface area contributed by atoms with Crippen LogP contribution in [-0.4, -0.2) is 65.1 Å². The van der Waals surface area contributed by atoms with Gasteiger partial charge in [-0.3, -0.25) is 4.79 Å². The number of amides is 2. The van der Waals surface area contributed by atoms with Crippen LogP contribution in [0, 0.1) is 5.92 Å². The molecule has 1 saturated carbocycles. The Morgan fingerprint density at radius 1 is 0.957 bits per heavy atom. The molecule has 47 heavy (non-hydrogen) atoms. The summed E-state index contributed by atoms with van der Waals surface area (Å²) in [5.41, 5.74) is 7.15. The molecule has 2 amide bonds. The number of hydrogen-bond acceptors (Lipinski definition) is 5. The van der Waals surface area contributed by atoms with Gasteiger partial charge in [-0.25, -0.2) is 9.48 Å². The average Bonchev–Trinajstić information content (AvgIpc) is 3.51. The highest BCUT2D eigenvalue weighted by molar-refractivity contribution is 6.01. The predicted octanol–water partition coefficient (Wildman–Crippen LogP) is 7.38. The van der Waals surface area contributed by atoms with Crippen LogP contribution in [0.1, 0.15) is 74.3 Å². The van der Waals surface area contributed by atoms with Gasteiger partial charge in [-0.1, -0.05) is 55.0 Å². The summed E-state index contributed by atoms with van der Waals surface area (Å²) in [6.07, 6.45) is 8.44. The summed E-state index contributed by atoms with van der Waals surface area (Å²) >= 11 is 0. The lowest BCUT2D eigenvalue weighted by atomic mass is 9.73. The first-order valence-electron chi connectivity index (χ1n) is 16.8. The fraction of sp³-hybridized carbons (Fsp3) is 0.395. The van der Waals surface area contributed by atoms with Crippen molar-refractivity contribution < 1.29 is 24.2 Å². The first-order chi connectivity index (χ1) is 23.0. The van der Waals surface area contributed by atoms with Gasteiger partial charge in [0.15, 0.2) is 6.23 Å². The van der Waals surface area contributed by atoms with Gasteiger partial charge < -0.3 is 24.8 Å². The van der Waals surface area contributed by atoms with Gasteiger partial charge in [-0.15, -0.1) is 0 Å². The normalized spacial score (nSPS) is 17.1. The highest BCUT2D eigenvalue weighted by Crippen LogP contribution is 2.45. The molecule has 1 saturated heterocycles. The topological polar surface area (TPSA) is 106 Å². The first-order valence-corrected chi connectivity index (χ1v) is 16.8. The van der Waals surface area contributed by atoms with E-state index in [0.29, 0.717) is 18.1 Å². The molecule has 0 bridgehead atoms. The van der Waals surface area contributed by atoms with Crippen LogP contribution >= 0.6 is 0 Å². The summed E-state index contributed by atoms with van der Waals surface area (Å²) in [5, 5.41) is 18.0. The molecular weight excluding hydrogens is 592 g/mol. The minimum absolute atomic E-state index is 0.0188. The van der Waals surface area contributed by atoms with Crippen LogP contribution in [0.3, 0.4) is 0 Å². The molecule has 1 aliphatic carbocycles. The quantitative estimate of drug-likeness (QED) is 0.148. The number of benzene rings is 3. The molecule has 3 aromatic carbocycles. The van der Waals surface area contributed by atoms with Crippen LogP contribution in [0.2, 0.25) is 0 Å². The van der Waals surface area contributed by atoms with Gasteiger partial charge in [0.2, 0.25) is 5.91 Å². The Morgan fingerprint density at radius 3 is 2.43 bits per heavy atom. The number of carbonyl (C=O) groups excluding carboxylic acids is 1. The van der Waals surface area contributed by atoms with Gasteiger partial charge in [0.1, 0.15) is 12.4 Å². The van der Waals surface area contributed by atoms with Crippen LogP contribution in [0.15, 0.2) is 79.0 Å². The van der Waals surface area contributed by atoms with E-state index < -0.39 is 6.09 Å². The minimum Gasteiger partial charge on any atom is -0.492 e. The van der Waals surface area contributed by atoms with Gasteiger partial charge in [0.05, 0.1) is 18.3 Å². The Bertz CT molecular complexity index is 1690. The van der Waals surface area contributed by atoms with E-state index in [0.717, 1.165) is 60.7 Å². The second-order valence-electron chi connectivity index (χ2n) is 12.4. The zero-order chi connectivity index (χ0) is 32.6. The van der Waals surface area contributed by atoms with E-state index in [1.807, 2.05) is 23.0 Å². The summed E-state index contributed by atoms with van der Waals surface area (Å²) in [6, 6.07) is 25.5. The van der Waals surface area contributed by atoms with Gasteiger partial charge in [-0.2, -0.15) is 5.10 Å². The van der Waals surface area contributed by atoms with Gasteiger partial charge in [0, 0.05) is 32.0 Å². The molecule has 2 heterocycles. The number of carboxylic acid groups (broad SMARTS) is 1. The molecule has 1 aliphatic heterocycles. The van der Waals surface area contributed by atoms with Crippen molar-refractivity contribution in [2.24, 2.45) is 5.92 Å². The monoisotopic (exact) mass is 636 g/mol. The standard InChI is InChI=1S/C38H44N4O5/c1-39-34(43)13-8-21-41(38(44)45)22-24-46-32-18-15-29(16-19-32)37(36(28-11-7-12-28)27-9-3-2-4-10-27)30-17-20-33-31(25-30)26-40-42(33)35-14-5-6-23-47-35/h2-4,9-10,15-20,25-26,28,35H,5-8,11-14,21-24H2,1H3,(H,39,43)(H,44,45). The lowest BCUT2D eigenvalue weighted by Gasteiger charge is -2.31. The number of rotatable bonds is 13. The maximum Gasteiger partial charge on any atom is 0.407 e. The van der Waals surface area contributed by atoms with Crippen molar-refractivity contribution in [2.45, 2.75) is 57.6 Å². The molecule has 6 rings (SSSR count). The number of ether oxygens (including phenoxy) is 2. The molecule has 4 aromatic rings. The number of carbonyl (C=O) groups is 2. The van der Waals surface area contributed by atoms with Crippen LogP contribution in [-0.2, 0) is 9.53 Å². The molecule has 0 spiro atoms. The molecule has 0 radical (unpaired) electrons. The average molecular weight is 637 g/mol. The lowest BCUT2D eigenvalue weighted by Crippen LogP contribution is -2.34. The third-order valence-electron chi connectivity index (χ3n) is 9.33. The molecular formula is C38H44N4O5. The van der Waals surface area contributed by atoms with Gasteiger partial charge in [-0.05, 0) is 96.5 Å². The Labute approximate surface area is 276 Å². The van der Waals surface area contributed by atoms with Crippen molar-refractivity contribution in [3.05, 3.63) is 95.7 Å². The van der Waals surface area contributed by atoms with E-state index in [1.165, 1.54) is 28.0 Å². The zero-order valence-electron chi connectivity index (χ0n) is 27.1. The number of fused-ring (bicyclic) bond motifs is 1. The second-order valence-corrected chi connectivity index (χ2v) is 12.4. The smallest absolute Gasteiger partial charge is 0.407 e. The maximum atomic E-state index is 11.7. The molecule has 9 nitrogen and oxygen atoms in total. The number of nitrogens with zero attached hydrogens (tertiary/aromatic N) is 3. The Hall–Kier alpha value is -4.63. The fourth-order valence-corrected chi connectivity index (χ4v) is 6.58. The second kappa shape index (κ2) is 15.3. The Kier molecular flexibility index (Phi) is 10.5. The van der Waals surface area contributed by atoms with Gasteiger partial charge >= 0.3 is 6.09 Å². The fourth-order valence-electron chi connectivity index (χ4n) is 6.58. The zero-order valence-corrected chi connectivity index (χ0v) is 27.1. The summed E-state index contributed by atoms with van der Waals surface area (Å²) < 4.78 is 14.1. The van der Waals surface area contributed by atoms with Crippen LogP contribution in [0.5, 0.6) is 5.75 Å². The molecule has 2 fully saturated rings. The van der Waals surface area contributed by atoms with Crippen LogP contribution in [0.4, 0.5) is 4.79 Å². The molecule has 1 atom stereocenters. The highest BCUT2D eigenvalue weighted by Gasteiger charge is 2.28. The first kappa shape index (κ1) is 32.3. The van der Waals surface area contributed by atoms with Crippen molar-refractivity contribution in [3.8, 4) is 5.75 Å². The summed E-state index contributed by atoms with van der Waals surface area (Å²) in [4.78, 5) is 24.5. The van der Waals surface area contributed by atoms with Crippen molar-refractivity contribution in [3.63, 3.8) is 0 Å². The number of hydrogen-bond donors (Lipinski definition) is 2. The van der Waals surface area contributed by atoms with Crippen molar-refractivity contribution in [2.75, 3.05) is 33.4 Å².